The van der Waals surface area contributed by atoms with Crippen molar-refractivity contribution in [2.45, 2.75) is 38.3 Å². The molecule has 0 aliphatic carbocycles. The summed E-state index contributed by atoms with van der Waals surface area (Å²) in [5.41, 5.74) is 2.80. The SMILES string of the molecule is CS(=O)(=O)CC[C@@H](C(=O)N1CCC(Cc2ccccc2)CC1)N1Cc2ccccc2C1=O. The molecular formula is C25H30N2O4S. The average Bonchev–Trinajstić information content (AvgIpc) is 3.11. The molecule has 0 radical (unpaired) electrons. The zero-order chi connectivity index (χ0) is 22.7. The Balaban J connectivity index is 1.44. The van der Waals surface area contributed by atoms with Gasteiger partial charge in [0, 0.05) is 31.5 Å². The molecule has 1 fully saturated rings. The Labute approximate surface area is 190 Å². The molecule has 0 saturated carbocycles. The number of carbonyl (C=O) groups is 2. The third kappa shape index (κ3) is 5.21. The highest BCUT2D eigenvalue weighted by molar-refractivity contribution is 7.90. The summed E-state index contributed by atoms with van der Waals surface area (Å²) in [6, 6.07) is 17.0. The predicted molar refractivity (Wildman–Crippen MR) is 124 cm³/mol. The van der Waals surface area contributed by atoms with Crippen LogP contribution in [0.5, 0.6) is 0 Å². The topological polar surface area (TPSA) is 74.8 Å². The van der Waals surface area contributed by atoms with E-state index in [2.05, 4.69) is 12.1 Å². The third-order valence-electron chi connectivity index (χ3n) is 6.57. The van der Waals surface area contributed by atoms with Crippen molar-refractivity contribution in [3.63, 3.8) is 0 Å². The van der Waals surface area contributed by atoms with Crippen molar-refractivity contribution < 1.29 is 18.0 Å². The molecule has 2 aromatic carbocycles. The van der Waals surface area contributed by atoms with E-state index in [0.717, 1.165) is 24.8 Å². The summed E-state index contributed by atoms with van der Waals surface area (Å²) in [6.45, 7) is 1.63. The predicted octanol–water partition coefficient (Wildman–Crippen LogP) is 2.93. The molecule has 170 valence electrons. The van der Waals surface area contributed by atoms with Gasteiger partial charge in [-0.25, -0.2) is 8.42 Å². The molecule has 32 heavy (non-hydrogen) atoms. The van der Waals surface area contributed by atoms with E-state index in [1.807, 2.05) is 41.3 Å². The molecule has 0 spiro atoms. The molecule has 0 bridgehead atoms. The van der Waals surface area contributed by atoms with E-state index in [1.54, 1.807) is 11.0 Å². The van der Waals surface area contributed by atoms with Crippen molar-refractivity contribution in [3.8, 4) is 0 Å². The van der Waals surface area contributed by atoms with Crippen molar-refractivity contribution in [3.05, 3.63) is 71.3 Å². The zero-order valence-electron chi connectivity index (χ0n) is 18.4. The van der Waals surface area contributed by atoms with Gasteiger partial charge in [-0.3, -0.25) is 9.59 Å². The number of carbonyl (C=O) groups excluding carboxylic acids is 2. The van der Waals surface area contributed by atoms with Gasteiger partial charge in [0.2, 0.25) is 5.91 Å². The molecule has 1 atom stereocenters. The average molecular weight is 455 g/mol. The lowest BCUT2D eigenvalue weighted by Crippen LogP contribution is -2.51. The number of hydrogen-bond donors (Lipinski definition) is 0. The van der Waals surface area contributed by atoms with Gasteiger partial charge in [0.15, 0.2) is 0 Å². The standard InChI is InChI=1S/C25H30N2O4S/c1-32(30,31)16-13-23(27-18-21-9-5-6-10-22(21)24(27)28)25(29)26-14-11-20(12-15-26)17-19-7-3-2-4-8-19/h2-10,20,23H,11-18H2,1H3/t23-/m0/s1. The van der Waals surface area contributed by atoms with Crippen molar-refractivity contribution in [1.29, 1.82) is 0 Å². The highest BCUT2D eigenvalue weighted by atomic mass is 32.2. The van der Waals surface area contributed by atoms with E-state index in [9.17, 15) is 18.0 Å². The van der Waals surface area contributed by atoms with Crippen molar-refractivity contribution in [2.24, 2.45) is 5.92 Å². The minimum atomic E-state index is -3.25. The maximum absolute atomic E-state index is 13.5. The number of nitrogens with zero attached hydrogens (tertiary/aromatic N) is 2. The van der Waals surface area contributed by atoms with E-state index < -0.39 is 15.9 Å². The van der Waals surface area contributed by atoms with Crippen molar-refractivity contribution >= 4 is 21.7 Å². The van der Waals surface area contributed by atoms with Crippen LogP contribution in [-0.4, -0.2) is 61.2 Å². The van der Waals surface area contributed by atoms with Gasteiger partial charge in [0.1, 0.15) is 15.9 Å². The van der Waals surface area contributed by atoms with Crippen LogP contribution < -0.4 is 0 Å². The molecule has 7 heteroatoms. The number of amides is 2. The van der Waals surface area contributed by atoms with Crippen LogP contribution in [-0.2, 0) is 27.6 Å². The second kappa shape index (κ2) is 9.45. The smallest absolute Gasteiger partial charge is 0.255 e. The Morgan fingerprint density at radius 2 is 1.69 bits per heavy atom. The number of rotatable bonds is 7. The normalized spacial score (nSPS) is 18.0. The first-order valence-corrected chi connectivity index (χ1v) is 13.3. The molecule has 2 aliphatic rings. The van der Waals surface area contributed by atoms with Gasteiger partial charge in [-0.1, -0.05) is 48.5 Å². The van der Waals surface area contributed by atoms with E-state index in [4.69, 9.17) is 0 Å². The van der Waals surface area contributed by atoms with Gasteiger partial charge >= 0.3 is 0 Å². The van der Waals surface area contributed by atoms with Crippen LogP contribution >= 0.6 is 0 Å². The zero-order valence-corrected chi connectivity index (χ0v) is 19.3. The Kier molecular flexibility index (Phi) is 6.65. The Hall–Kier alpha value is -2.67. The van der Waals surface area contributed by atoms with Crippen LogP contribution in [0.25, 0.3) is 0 Å². The fraction of sp³-hybridized carbons (Fsp3) is 0.440. The molecular weight excluding hydrogens is 424 g/mol. The van der Waals surface area contributed by atoms with E-state index in [1.165, 1.54) is 11.8 Å². The molecule has 4 rings (SSSR count). The van der Waals surface area contributed by atoms with E-state index >= 15 is 0 Å². The Morgan fingerprint density at radius 1 is 1.03 bits per heavy atom. The van der Waals surface area contributed by atoms with Crippen molar-refractivity contribution in [2.75, 3.05) is 25.1 Å². The molecule has 2 amide bonds. The summed E-state index contributed by atoms with van der Waals surface area (Å²) in [5.74, 6) is 0.0848. The van der Waals surface area contributed by atoms with Gasteiger partial charge in [-0.2, -0.15) is 0 Å². The van der Waals surface area contributed by atoms with E-state index in [0.29, 0.717) is 31.1 Å². The molecule has 2 aromatic rings. The van der Waals surface area contributed by atoms with Crippen LogP contribution in [0.4, 0.5) is 0 Å². The summed E-state index contributed by atoms with van der Waals surface area (Å²) in [4.78, 5) is 29.9. The van der Waals surface area contributed by atoms with Crippen LogP contribution in [0.2, 0.25) is 0 Å². The second-order valence-electron chi connectivity index (χ2n) is 8.98. The lowest BCUT2D eigenvalue weighted by Gasteiger charge is -2.37. The van der Waals surface area contributed by atoms with Gasteiger partial charge in [0.05, 0.1) is 5.75 Å². The number of likely N-dealkylation sites (tertiary alicyclic amines) is 1. The Morgan fingerprint density at radius 3 is 2.34 bits per heavy atom. The van der Waals surface area contributed by atoms with Crippen LogP contribution in [0, 0.1) is 5.92 Å². The molecule has 0 unspecified atom stereocenters. The highest BCUT2D eigenvalue weighted by Crippen LogP contribution is 2.28. The molecule has 0 aromatic heterocycles. The highest BCUT2D eigenvalue weighted by Gasteiger charge is 2.39. The van der Waals surface area contributed by atoms with Gasteiger partial charge in [0.25, 0.3) is 5.91 Å². The summed E-state index contributed by atoms with van der Waals surface area (Å²) < 4.78 is 23.7. The first-order chi connectivity index (χ1) is 15.3. The largest absolute Gasteiger partial charge is 0.341 e. The quantitative estimate of drug-likeness (QED) is 0.645. The lowest BCUT2D eigenvalue weighted by molar-refractivity contribution is -0.137. The second-order valence-corrected chi connectivity index (χ2v) is 11.2. The monoisotopic (exact) mass is 454 g/mol. The first-order valence-electron chi connectivity index (χ1n) is 11.2. The van der Waals surface area contributed by atoms with Gasteiger partial charge in [-0.15, -0.1) is 0 Å². The number of piperidine rings is 1. The van der Waals surface area contributed by atoms with E-state index in [-0.39, 0.29) is 24.0 Å². The fourth-order valence-corrected chi connectivity index (χ4v) is 5.43. The van der Waals surface area contributed by atoms with Crippen LogP contribution in [0.3, 0.4) is 0 Å². The fourth-order valence-electron chi connectivity index (χ4n) is 4.78. The minimum Gasteiger partial charge on any atom is -0.341 e. The summed E-state index contributed by atoms with van der Waals surface area (Å²) in [5, 5.41) is 0. The van der Waals surface area contributed by atoms with Crippen LogP contribution in [0.1, 0.15) is 40.7 Å². The third-order valence-corrected chi connectivity index (χ3v) is 7.54. The number of benzene rings is 2. The first kappa shape index (κ1) is 22.5. The molecule has 6 nitrogen and oxygen atoms in total. The number of fused-ring (bicyclic) bond motifs is 1. The summed E-state index contributed by atoms with van der Waals surface area (Å²) in [7, 11) is -3.25. The number of sulfone groups is 1. The summed E-state index contributed by atoms with van der Waals surface area (Å²) in [6.07, 6.45) is 4.12. The van der Waals surface area contributed by atoms with Crippen LogP contribution in [0.15, 0.2) is 54.6 Å². The van der Waals surface area contributed by atoms with Gasteiger partial charge < -0.3 is 9.80 Å². The molecule has 1 saturated heterocycles. The number of hydrogen-bond acceptors (Lipinski definition) is 4. The van der Waals surface area contributed by atoms with Crippen molar-refractivity contribution in [1.82, 2.24) is 9.80 Å². The minimum absolute atomic E-state index is 0.117. The molecule has 0 N–H and O–H groups in total. The molecule has 2 aliphatic heterocycles. The summed E-state index contributed by atoms with van der Waals surface area (Å²) >= 11 is 0. The molecule has 2 heterocycles. The maximum atomic E-state index is 13.5. The Bertz CT molecular complexity index is 1080. The maximum Gasteiger partial charge on any atom is 0.255 e. The lowest BCUT2D eigenvalue weighted by atomic mass is 9.90. The van der Waals surface area contributed by atoms with Gasteiger partial charge in [-0.05, 0) is 48.8 Å².